The van der Waals surface area contributed by atoms with Crippen LogP contribution in [0.2, 0.25) is 0 Å². The van der Waals surface area contributed by atoms with E-state index in [4.69, 9.17) is 9.47 Å². The second-order valence-electron chi connectivity index (χ2n) is 6.91. The average molecular weight is 415 g/mol. The fourth-order valence-corrected chi connectivity index (χ4v) is 4.01. The normalized spacial score (nSPS) is 14.9. The van der Waals surface area contributed by atoms with Gasteiger partial charge in [-0.1, -0.05) is 25.3 Å². The van der Waals surface area contributed by atoms with E-state index in [-0.39, 0.29) is 23.6 Å². The summed E-state index contributed by atoms with van der Waals surface area (Å²) >= 11 is 1.50. The molecule has 3 rings (SSSR count). The Labute approximate surface area is 174 Å². The SMILES string of the molecule is COc1ccc(C(=O)N/C(=C/c2cccs2)C(=O)NC2CCCCC2)cc1OC. The van der Waals surface area contributed by atoms with Crippen LogP contribution in [0.5, 0.6) is 11.5 Å². The summed E-state index contributed by atoms with van der Waals surface area (Å²) in [5, 5.41) is 7.77. The molecule has 6 nitrogen and oxygen atoms in total. The Hall–Kier alpha value is -2.80. The number of thiophene rings is 1. The van der Waals surface area contributed by atoms with Crippen LogP contribution in [0.4, 0.5) is 0 Å². The number of carbonyl (C=O) groups is 2. The molecule has 1 fully saturated rings. The van der Waals surface area contributed by atoms with E-state index in [9.17, 15) is 9.59 Å². The Bertz CT molecular complexity index is 871. The lowest BCUT2D eigenvalue weighted by Crippen LogP contribution is -2.41. The Kier molecular flexibility index (Phi) is 7.30. The van der Waals surface area contributed by atoms with Gasteiger partial charge < -0.3 is 20.1 Å². The lowest BCUT2D eigenvalue weighted by molar-refractivity contribution is -0.118. The summed E-state index contributed by atoms with van der Waals surface area (Å²) in [4.78, 5) is 26.6. The minimum absolute atomic E-state index is 0.154. The molecule has 29 heavy (non-hydrogen) atoms. The molecule has 1 aliphatic rings. The summed E-state index contributed by atoms with van der Waals surface area (Å²) in [6.45, 7) is 0. The van der Waals surface area contributed by atoms with Crippen molar-refractivity contribution in [1.29, 1.82) is 0 Å². The predicted octanol–water partition coefficient (Wildman–Crippen LogP) is 3.99. The number of benzene rings is 1. The molecule has 2 amide bonds. The van der Waals surface area contributed by atoms with Gasteiger partial charge in [0.15, 0.2) is 11.5 Å². The van der Waals surface area contributed by atoms with Gasteiger partial charge in [0, 0.05) is 16.5 Å². The van der Waals surface area contributed by atoms with Crippen molar-refractivity contribution in [2.45, 2.75) is 38.1 Å². The van der Waals surface area contributed by atoms with E-state index in [0.29, 0.717) is 17.1 Å². The molecule has 7 heteroatoms. The zero-order chi connectivity index (χ0) is 20.6. The molecule has 2 N–H and O–H groups in total. The largest absolute Gasteiger partial charge is 0.493 e. The number of methoxy groups -OCH3 is 2. The van der Waals surface area contributed by atoms with E-state index >= 15 is 0 Å². The zero-order valence-corrected chi connectivity index (χ0v) is 17.5. The van der Waals surface area contributed by atoms with E-state index in [1.165, 1.54) is 32.0 Å². The topological polar surface area (TPSA) is 76.7 Å². The highest BCUT2D eigenvalue weighted by Crippen LogP contribution is 2.27. The molecule has 1 aliphatic carbocycles. The molecule has 0 radical (unpaired) electrons. The second kappa shape index (κ2) is 10.1. The van der Waals surface area contributed by atoms with E-state index in [1.807, 2.05) is 17.5 Å². The van der Waals surface area contributed by atoms with Gasteiger partial charge in [-0.3, -0.25) is 9.59 Å². The van der Waals surface area contributed by atoms with Crippen molar-refractivity contribution in [2.24, 2.45) is 0 Å². The Morgan fingerprint density at radius 1 is 1.07 bits per heavy atom. The van der Waals surface area contributed by atoms with Crippen molar-refractivity contribution in [2.75, 3.05) is 14.2 Å². The van der Waals surface area contributed by atoms with Crippen LogP contribution < -0.4 is 20.1 Å². The third-order valence-electron chi connectivity index (χ3n) is 4.91. The molecule has 0 atom stereocenters. The van der Waals surface area contributed by atoms with Crippen molar-refractivity contribution in [3.63, 3.8) is 0 Å². The minimum Gasteiger partial charge on any atom is -0.493 e. The van der Waals surface area contributed by atoms with Gasteiger partial charge in [-0.25, -0.2) is 0 Å². The number of rotatable bonds is 7. The highest BCUT2D eigenvalue weighted by molar-refractivity contribution is 7.10. The van der Waals surface area contributed by atoms with Crippen LogP contribution in [0.3, 0.4) is 0 Å². The monoisotopic (exact) mass is 414 g/mol. The van der Waals surface area contributed by atoms with Crippen molar-refractivity contribution in [1.82, 2.24) is 10.6 Å². The quantitative estimate of drug-likeness (QED) is 0.672. The maximum absolute atomic E-state index is 12.9. The lowest BCUT2D eigenvalue weighted by atomic mass is 9.95. The van der Waals surface area contributed by atoms with E-state index in [2.05, 4.69) is 10.6 Å². The molecular formula is C22H26N2O4S. The molecule has 2 aromatic rings. The van der Waals surface area contributed by atoms with Gasteiger partial charge in [0.2, 0.25) is 0 Å². The first-order valence-electron chi connectivity index (χ1n) is 9.70. The van der Waals surface area contributed by atoms with Crippen LogP contribution in [0.15, 0.2) is 41.4 Å². The number of carbonyl (C=O) groups excluding carboxylic acids is 2. The third-order valence-corrected chi connectivity index (χ3v) is 5.73. The fourth-order valence-electron chi connectivity index (χ4n) is 3.36. The summed E-state index contributed by atoms with van der Waals surface area (Å²) in [6, 6.07) is 8.86. The highest BCUT2D eigenvalue weighted by Gasteiger charge is 2.21. The Balaban J connectivity index is 1.79. The van der Waals surface area contributed by atoms with Gasteiger partial charge >= 0.3 is 0 Å². The van der Waals surface area contributed by atoms with E-state index in [1.54, 1.807) is 24.3 Å². The van der Waals surface area contributed by atoms with Crippen LogP contribution in [0.1, 0.15) is 47.3 Å². The van der Waals surface area contributed by atoms with Gasteiger partial charge in [0.05, 0.1) is 14.2 Å². The third kappa shape index (κ3) is 5.60. The molecule has 1 aromatic carbocycles. The first-order valence-corrected chi connectivity index (χ1v) is 10.6. The lowest BCUT2D eigenvalue weighted by Gasteiger charge is -2.23. The standard InChI is InChI=1S/C22H26N2O4S/c1-27-19-11-10-15(13-20(19)28-2)21(25)24-18(14-17-9-6-12-29-17)22(26)23-16-7-4-3-5-8-16/h6,9-14,16H,3-5,7-8H2,1-2H3,(H,23,26)(H,24,25)/b18-14+. The van der Waals surface area contributed by atoms with Crippen LogP contribution in [0.25, 0.3) is 6.08 Å². The number of hydrogen-bond acceptors (Lipinski definition) is 5. The molecule has 154 valence electrons. The Morgan fingerprint density at radius 2 is 1.83 bits per heavy atom. The zero-order valence-electron chi connectivity index (χ0n) is 16.7. The van der Waals surface area contributed by atoms with Crippen molar-refractivity contribution >= 4 is 29.2 Å². The van der Waals surface area contributed by atoms with Gasteiger partial charge in [0.25, 0.3) is 11.8 Å². The number of hydrogen-bond donors (Lipinski definition) is 2. The number of nitrogens with one attached hydrogen (secondary N) is 2. The second-order valence-corrected chi connectivity index (χ2v) is 7.88. The van der Waals surface area contributed by atoms with Crippen LogP contribution >= 0.6 is 11.3 Å². The van der Waals surface area contributed by atoms with Gasteiger partial charge in [-0.2, -0.15) is 0 Å². The van der Waals surface area contributed by atoms with Gasteiger partial charge in [0.1, 0.15) is 5.70 Å². The predicted molar refractivity (Wildman–Crippen MR) is 114 cm³/mol. The molecule has 0 saturated heterocycles. The van der Waals surface area contributed by atoms with Crippen LogP contribution in [-0.2, 0) is 4.79 Å². The molecule has 1 saturated carbocycles. The van der Waals surface area contributed by atoms with Crippen LogP contribution in [0, 0.1) is 0 Å². The fraction of sp³-hybridized carbons (Fsp3) is 0.364. The van der Waals surface area contributed by atoms with Crippen molar-refractivity contribution in [3.8, 4) is 11.5 Å². The smallest absolute Gasteiger partial charge is 0.268 e. The summed E-state index contributed by atoms with van der Waals surface area (Å²) in [5.41, 5.74) is 0.614. The maximum Gasteiger partial charge on any atom is 0.268 e. The van der Waals surface area contributed by atoms with Gasteiger partial charge in [-0.05, 0) is 48.6 Å². The first kappa shape index (κ1) is 20.9. The highest BCUT2D eigenvalue weighted by atomic mass is 32.1. The van der Waals surface area contributed by atoms with Crippen LogP contribution in [-0.4, -0.2) is 32.1 Å². The van der Waals surface area contributed by atoms with E-state index in [0.717, 1.165) is 30.6 Å². The van der Waals surface area contributed by atoms with Crippen molar-refractivity contribution < 1.29 is 19.1 Å². The number of amides is 2. The summed E-state index contributed by atoms with van der Waals surface area (Å²) in [5.74, 6) is 0.343. The molecule has 0 spiro atoms. The molecule has 1 aromatic heterocycles. The molecule has 0 aliphatic heterocycles. The average Bonchev–Trinajstić information content (AvgIpc) is 3.26. The van der Waals surface area contributed by atoms with E-state index < -0.39 is 0 Å². The molecular weight excluding hydrogens is 388 g/mol. The maximum atomic E-state index is 12.9. The molecule has 0 bridgehead atoms. The summed E-state index contributed by atoms with van der Waals surface area (Å²) < 4.78 is 10.5. The summed E-state index contributed by atoms with van der Waals surface area (Å²) in [7, 11) is 3.05. The Morgan fingerprint density at radius 3 is 2.48 bits per heavy atom. The molecule has 0 unspecified atom stereocenters. The van der Waals surface area contributed by atoms with Crippen molar-refractivity contribution in [3.05, 3.63) is 51.8 Å². The minimum atomic E-state index is -0.382. The van der Waals surface area contributed by atoms with Gasteiger partial charge in [-0.15, -0.1) is 11.3 Å². The number of ether oxygens (including phenoxy) is 2. The molecule has 1 heterocycles. The summed E-state index contributed by atoms with van der Waals surface area (Å²) in [6.07, 6.45) is 7.10. The first-order chi connectivity index (χ1) is 14.1.